The predicted molar refractivity (Wildman–Crippen MR) is 156 cm³/mol. The Morgan fingerprint density at radius 2 is 1.71 bits per heavy atom. The number of nitrogens with zero attached hydrogens (tertiary/aromatic N) is 4. The molecule has 1 fully saturated rings. The van der Waals surface area contributed by atoms with Crippen LogP contribution in [0.25, 0.3) is 0 Å². The molecule has 0 spiro atoms. The van der Waals surface area contributed by atoms with Crippen LogP contribution in [0.2, 0.25) is 0 Å². The van der Waals surface area contributed by atoms with Gasteiger partial charge in [0.1, 0.15) is 17.3 Å². The van der Waals surface area contributed by atoms with E-state index < -0.39 is 23.6 Å². The number of hydrogen-bond donors (Lipinski definition) is 0. The second kappa shape index (κ2) is 11.5. The number of fused-ring (bicyclic) bond motifs is 1. The van der Waals surface area contributed by atoms with Crippen LogP contribution >= 0.6 is 0 Å². The molecule has 1 unspecified atom stereocenters. The number of para-hydroxylation sites is 1. The van der Waals surface area contributed by atoms with Crippen molar-refractivity contribution in [3.8, 4) is 5.75 Å². The minimum absolute atomic E-state index is 0.229. The molecule has 0 radical (unpaired) electrons. The summed E-state index contributed by atoms with van der Waals surface area (Å²) in [7, 11) is 1.63. The Bertz CT molecular complexity index is 1460. The number of ether oxygens (including phenoxy) is 1. The van der Waals surface area contributed by atoms with E-state index in [0.29, 0.717) is 61.8 Å². The summed E-state index contributed by atoms with van der Waals surface area (Å²) >= 11 is 0. The summed E-state index contributed by atoms with van der Waals surface area (Å²) in [5.41, 5.74) is 3.14. The Kier molecular flexibility index (Phi) is 7.98. The van der Waals surface area contributed by atoms with Crippen molar-refractivity contribution in [1.82, 2.24) is 4.90 Å². The van der Waals surface area contributed by atoms with Crippen LogP contribution in [0.5, 0.6) is 5.75 Å². The number of anilines is 2. The zero-order valence-electron chi connectivity index (χ0n) is 23.5. The molecule has 2 aliphatic rings. The summed E-state index contributed by atoms with van der Waals surface area (Å²) in [6.45, 7) is 10.4. The number of methoxy groups -OCH3 is 1. The Morgan fingerprint density at radius 3 is 2.39 bits per heavy atom. The topological polar surface area (TPSA) is 31.3 Å². The van der Waals surface area contributed by atoms with E-state index in [-0.39, 0.29) is 5.69 Å². The van der Waals surface area contributed by atoms with Crippen molar-refractivity contribution < 1.29 is 22.3 Å². The van der Waals surface area contributed by atoms with Crippen molar-refractivity contribution >= 4 is 23.0 Å². The van der Waals surface area contributed by atoms with Gasteiger partial charge in [-0.1, -0.05) is 43.3 Å². The third-order valence-corrected chi connectivity index (χ3v) is 7.87. The molecule has 41 heavy (non-hydrogen) atoms. The molecular formula is C32H34F4N4O. The van der Waals surface area contributed by atoms with Crippen LogP contribution in [-0.2, 0) is 6.18 Å². The van der Waals surface area contributed by atoms with Crippen molar-refractivity contribution in [2.75, 3.05) is 43.1 Å². The molecule has 0 aliphatic carbocycles. The number of benzene rings is 3. The van der Waals surface area contributed by atoms with Crippen molar-refractivity contribution in [2.45, 2.75) is 38.9 Å². The third-order valence-electron chi connectivity index (χ3n) is 7.87. The van der Waals surface area contributed by atoms with Gasteiger partial charge in [-0.2, -0.15) is 13.2 Å². The van der Waals surface area contributed by atoms with Gasteiger partial charge in [0, 0.05) is 49.2 Å². The van der Waals surface area contributed by atoms with Crippen molar-refractivity contribution in [2.24, 2.45) is 4.99 Å². The van der Waals surface area contributed by atoms with Crippen LogP contribution in [0, 0.1) is 12.7 Å². The summed E-state index contributed by atoms with van der Waals surface area (Å²) in [5.74, 6) is 0.755. The molecule has 3 aromatic carbocycles. The van der Waals surface area contributed by atoms with Gasteiger partial charge in [-0.05, 0) is 55.7 Å². The van der Waals surface area contributed by atoms with Gasteiger partial charge in [0.05, 0.1) is 18.7 Å². The van der Waals surface area contributed by atoms with Crippen LogP contribution in [0.15, 0.2) is 77.8 Å². The molecule has 216 valence electrons. The predicted octanol–water partition coefficient (Wildman–Crippen LogP) is 7.89. The lowest BCUT2D eigenvalue weighted by Crippen LogP contribution is -2.55. The molecule has 5 rings (SSSR count). The Morgan fingerprint density at radius 1 is 1.00 bits per heavy atom. The molecule has 9 heteroatoms. The smallest absolute Gasteiger partial charge is 0.416 e. The lowest BCUT2D eigenvalue weighted by Gasteiger charge is -2.46. The van der Waals surface area contributed by atoms with Crippen LogP contribution in [-0.4, -0.2) is 44.1 Å². The van der Waals surface area contributed by atoms with E-state index in [1.165, 1.54) is 18.2 Å². The molecule has 2 heterocycles. The van der Waals surface area contributed by atoms with Gasteiger partial charge < -0.3 is 19.4 Å². The Balaban J connectivity index is 1.59. The zero-order valence-corrected chi connectivity index (χ0v) is 23.5. The fourth-order valence-corrected chi connectivity index (χ4v) is 5.49. The molecule has 0 amide bonds. The Hall–Kier alpha value is -4.01. The second-order valence-corrected chi connectivity index (χ2v) is 10.5. The normalized spacial score (nSPS) is 17.3. The molecule has 2 aliphatic heterocycles. The van der Waals surface area contributed by atoms with Crippen molar-refractivity contribution in [3.05, 3.63) is 95.3 Å². The summed E-state index contributed by atoms with van der Waals surface area (Å²) in [4.78, 5) is 11.0. The highest BCUT2D eigenvalue weighted by atomic mass is 19.4. The zero-order chi connectivity index (χ0) is 29.3. The molecule has 3 aromatic rings. The molecular weight excluding hydrogens is 532 g/mol. The lowest BCUT2D eigenvalue weighted by atomic mass is 9.92. The summed E-state index contributed by atoms with van der Waals surface area (Å²) in [5, 5.41) is 0. The van der Waals surface area contributed by atoms with E-state index in [1.807, 2.05) is 47.1 Å². The van der Waals surface area contributed by atoms with Crippen molar-refractivity contribution in [1.29, 1.82) is 0 Å². The van der Waals surface area contributed by atoms with Crippen LogP contribution in [0.4, 0.5) is 34.6 Å². The first-order valence-corrected chi connectivity index (χ1v) is 13.8. The van der Waals surface area contributed by atoms with E-state index in [2.05, 4.69) is 11.5 Å². The first kappa shape index (κ1) is 28.5. The van der Waals surface area contributed by atoms with Gasteiger partial charge in [0.2, 0.25) is 5.96 Å². The fourth-order valence-electron chi connectivity index (χ4n) is 5.49. The van der Waals surface area contributed by atoms with E-state index in [4.69, 9.17) is 9.73 Å². The number of halogens is 4. The SMILES string of the molecule is C=C(CC)CC1c2cccc(F)c2N=C(N2CCN(c3cccc(OC)c3)CC2)N1c1cc(C(F)(F)F)ccc1C. The first-order valence-electron chi connectivity index (χ1n) is 13.8. The van der Waals surface area contributed by atoms with Crippen LogP contribution < -0.4 is 14.5 Å². The molecule has 0 aromatic heterocycles. The number of guanidine groups is 1. The molecule has 1 saturated heterocycles. The molecule has 0 bridgehead atoms. The summed E-state index contributed by atoms with van der Waals surface area (Å²) < 4.78 is 62.3. The van der Waals surface area contributed by atoms with Crippen LogP contribution in [0.3, 0.4) is 0 Å². The van der Waals surface area contributed by atoms with Crippen LogP contribution in [0.1, 0.15) is 42.5 Å². The number of aliphatic imine (C=N–C) groups is 1. The van der Waals surface area contributed by atoms with Gasteiger partial charge in [-0.15, -0.1) is 0 Å². The monoisotopic (exact) mass is 566 g/mol. The van der Waals surface area contributed by atoms with E-state index in [9.17, 15) is 13.2 Å². The van der Waals surface area contributed by atoms with Gasteiger partial charge in [-0.3, -0.25) is 0 Å². The summed E-state index contributed by atoms with van der Waals surface area (Å²) in [6, 6.07) is 15.9. The average Bonchev–Trinajstić information content (AvgIpc) is 2.97. The highest BCUT2D eigenvalue weighted by Crippen LogP contribution is 2.45. The minimum atomic E-state index is -4.51. The van der Waals surface area contributed by atoms with E-state index in [1.54, 1.807) is 20.1 Å². The number of piperazine rings is 1. The number of alkyl halides is 3. The first-order chi connectivity index (χ1) is 19.6. The minimum Gasteiger partial charge on any atom is -0.497 e. The largest absolute Gasteiger partial charge is 0.497 e. The molecule has 1 atom stereocenters. The third kappa shape index (κ3) is 5.76. The molecule has 0 saturated carbocycles. The lowest BCUT2D eigenvalue weighted by molar-refractivity contribution is -0.137. The van der Waals surface area contributed by atoms with Gasteiger partial charge in [-0.25, -0.2) is 9.38 Å². The van der Waals surface area contributed by atoms with Gasteiger partial charge in [0.15, 0.2) is 0 Å². The molecule has 0 N–H and O–H groups in total. The summed E-state index contributed by atoms with van der Waals surface area (Å²) in [6.07, 6.45) is -3.36. The van der Waals surface area contributed by atoms with Gasteiger partial charge in [0.25, 0.3) is 0 Å². The number of aryl methyl sites for hydroxylation is 1. The van der Waals surface area contributed by atoms with E-state index >= 15 is 4.39 Å². The molecule has 5 nitrogen and oxygen atoms in total. The highest BCUT2D eigenvalue weighted by molar-refractivity contribution is 6.01. The number of hydrogen-bond acceptors (Lipinski definition) is 5. The van der Waals surface area contributed by atoms with E-state index in [0.717, 1.165) is 23.1 Å². The highest BCUT2D eigenvalue weighted by Gasteiger charge is 2.38. The maximum Gasteiger partial charge on any atom is 0.416 e. The maximum absolute atomic E-state index is 15.3. The Labute approximate surface area is 238 Å². The van der Waals surface area contributed by atoms with Gasteiger partial charge >= 0.3 is 6.18 Å². The second-order valence-electron chi connectivity index (χ2n) is 10.5. The maximum atomic E-state index is 15.3. The number of rotatable bonds is 6. The van der Waals surface area contributed by atoms with Crippen molar-refractivity contribution in [3.63, 3.8) is 0 Å². The quantitative estimate of drug-likeness (QED) is 0.224. The average molecular weight is 567 g/mol. The standard InChI is InChI=1S/C32H34F4N4O/c1-5-21(2)18-29-26-10-7-11-27(33)30(26)37-31(40(29)28-19-23(32(34,35)36)13-12-22(28)3)39-16-14-38(15-17-39)24-8-6-9-25(20-24)41-4/h6-13,19-20,29H,2,5,14-18H2,1,3-4H3. The fraction of sp³-hybridized carbons (Fsp3) is 0.344.